The number of rotatable bonds is 5. The molecule has 18 heavy (non-hydrogen) atoms. The van der Waals surface area contributed by atoms with E-state index in [4.69, 9.17) is 17.3 Å². The van der Waals surface area contributed by atoms with Gasteiger partial charge in [-0.1, -0.05) is 12.1 Å². The summed E-state index contributed by atoms with van der Waals surface area (Å²) in [6.45, 7) is 0.220. The van der Waals surface area contributed by atoms with Crippen LogP contribution in [-0.2, 0) is 11.3 Å². The van der Waals surface area contributed by atoms with Crippen molar-refractivity contribution >= 4 is 11.9 Å². The van der Waals surface area contributed by atoms with Crippen molar-refractivity contribution < 1.29 is 14.7 Å². The Labute approximate surface area is 105 Å². The van der Waals surface area contributed by atoms with E-state index in [9.17, 15) is 9.59 Å². The summed E-state index contributed by atoms with van der Waals surface area (Å²) in [5, 5.41) is 11.4. The third-order valence-electron chi connectivity index (χ3n) is 2.32. The van der Waals surface area contributed by atoms with Crippen molar-refractivity contribution in [1.29, 1.82) is 0 Å². The number of benzene rings is 1. The number of terminal acetylenes is 1. The number of carbonyl (C=O) groups excluding carboxylic acids is 1. The van der Waals surface area contributed by atoms with Crippen LogP contribution in [0.15, 0.2) is 24.3 Å². The Kier molecular flexibility index (Phi) is 4.90. The number of carboxylic acids is 1. The molecule has 1 atom stereocenters. The van der Waals surface area contributed by atoms with Crippen LogP contribution in [-0.4, -0.2) is 23.0 Å². The standard InChI is InChI=1S/C13H14N2O3/c1-2-4-11(14)12(16)15-8-9-5-3-6-10(7-9)13(17)18/h1,3,5-7,11H,4,8,14H2,(H,15,16)(H,17,18). The van der Waals surface area contributed by atoms with Gasteiger partial charge in [-0.25, -0.2) is 4.79 Å². The van der Waals surface area contributed by atoms with Crippen LogP contribution in [0.5, 0.6) is 0 Å². The van der Waals surface area contributed by atoms with Gasteiger partial charge in [-0.05, 0) is 17.7 Å². The van der Waals surface area contributed by atoms with E-state index >= 15 is 0 Å². The minimum Gasteiger partial charge on any atom is -0.478 e. The lowest BCUT2D eigenvalue weighted by Crippen LogP contribution is -2.39. The number of hydrogen-bond acceptors (Lipinski definition) is 3. The fourth-order valence-electron chi connectivity index (χ4n) is 1.35. The SMILES string of the molecule is C#CCC(N)C(=O)NCc1cccc(C(=O)O)c1. The Morgan fingerprint density at radius 1 is 1.50 bits per heavy atom. The first-order valence-electron chi connectivity index (χ1n) is 5.33. The van der Waals surface area contributed by atoms with Gasteiger partial charge in [-0.2, -0.15) is 0 Å². The fraction of sp³-hybridized carbons (Fsp3) is 0.231. The lowest BCUT2D eigenvalue weighted by molar-refractivity contribution is -0.122. The lowest BCUT2D eigenvalue weighted by Gasteiger charge is -2.09. The Morgan fingerprint density at radius 2 is 2.22 bits per heavy atom. The summed E-state index contributed by atoms with van der Waals surface area (Å²) >= 11 is 0. The summed E-state index contributed by atoms with van der Waals surface area (Å²) in [5.41, 5.74) is 6.39. The first-order valence-corrected chi connectivity index (χ1v) is 5.33. The van der Waals surface area contributed by atoms with Gasteiger partial charge >= 0.3 is 5.97 Å². The molecular weight excluding hydrogens is 232 g/mol. The maximum absolute atomic E-state index is 11.5. The van der Waals surface area contributed by atoms with E-state index in [1.54, 1.807) is 12.1 Å². The summed E-state index contributed by atoms with van der Waals surface area (Å²) < 4.78 is 0. The summed E-state index contributed by atoms with van der Waals surface area (Å²) in [5.74, 6) is 0.947. The molecular formula is C13H14N2O3. The van der Waals surface area contributed by atoms with E-state index in [0.29, 0.717) is 5.56 Å². The summed E-state index contributed by atoms with van der Waals surface area (Å²) in [4.78, 5) is 22.2. The first-order chi connectivity index (χ1) is 8.54. The zero-order valence-electron chi connectivity index (χ0n) is 9.72. The van der Waals surface area contributed by atoms with Gasteiger partial charge in [0.1, 0.15) is 0 Å². The van der Waals surface area contributed by atoms with E-state index in [-0.39, 0.29) is 24.4 Å². The number of nitrogens with two attached hydrogens (primary N) is 1. The predicted molar refractivity (Wildman–Crippen MR) is 66.7 cm³/mol. The quantitative estimate of drug-likeness (QED) is 0.654. The van der Waals surface area contributed by atoms with Crippen LogP contribution in [0, 0.1) is 12.3 Å². The summed E-state index contributed by atoms with van der Waals surface area (Å²) in [6, 6.07) is 5.58. The van der Waals surface area contributed by atoms with E-state index in [1.807, 2.05) is 0 Å². The highest BCUT2D eigenvalue weighted by Crippen LogP contribution is 2.05. The molecule has 1 rings (SSSR count). The van der Waals surface area contributed by atoms with E-state index in [1.165, 1.54) is 12.1 Å². The van der Waals surface area contributed by atoms with Gasteiger partial charge in [0, 0.05) is 13.0 Å². The average molecular weight is 246 g/mol. The van der Waals surface area contributed by atoms with Crippen LogP contribution in [0.3, 0.4) is 0 Å². The van der Waals surface area contributed by atoms with E-state index < -0.39 is 12.0 Å². The van der Waals surface area contributed by atoms with Crippen LogP contribution < -0.4 is 11.1 Å². The van der Waals surface area contributed by atoms with Crippen molar-refractivity contribution in [2.24, 2.45) is 5.73 Å². The number of aromatic carboxylic acids is 1. The zero-order chi connectivity index (χ0) is 13.5. The van der Waals surface area contributed by atoms with Crippen molar-refractivity contribution in [2.45, 2.75) is 19.0 Å². The van der Waals surface area contributed by atoms with Crippen molar-refractivity contribution in [3.8, 4) is 12.3 Å². The molecule has 0 fully saturated rings. The number of nitrogens with one attached hydrogen (secondary N) is 1. The molecule has 0 radical (unpaired) electrons. The molecule has 0 aliphatic heterocycles. The summed E-state index contributed by atoms with van der Waals surface area (Å²) in [6.07, 6.45) is 5.22. The molecule has 0 heterocycles. The van der Waals surface area contributed by atoms with E-state index in [2.05, 4.69) is 11.2 Å². The normalized spacial score (nSPS) is 11.3. The van der Waals surface area contributed by atoms with Crippen LogP contribution >= 0.6 is 0 Å². The molecule has 4 N–H and O–H groups in total. The Morgan fingerprint density at radius 3 is 2.83 bits per heavy atom. The average Bonchev–Trinajstić information content (AvgIpc) is 2.36. The Bertz CT molecular complexity index is 491. The molecule has 0 aliphatic rings. The fourth-order valence-corrected chi connectivity index (χ4v) is 1.35. The van der Waals surface area contributed by atoms with Gasteiger partial charge in [-0.3, -0.25) is 4.79 Å². The monoisotopic (exact) mass is 246 g/mol. The number of carboxylic acid groups (broad SMARTS) is 1. The van der Waals surface area contributed by atoms with E-state index in [0.717, 1.165) is 0 Å². The third-order valence-corrected chi connectivity index (χ3v) is 2.32. The largest absolute Gasteiger partial charge is 0.478 e. The van der Waals surface area contributed by atoms with Crippen molar-refractivity contribution in [3.05, 3.63) is 35.4 Å². The highest BCUT2D eigenvalue weighted by atomic mass is 16.4. The predicted octanol–water partition coefficient (Wildman–Crippen LogP) is 0.352. The molecule has 5 heteroatoms. The molecule has 5 nitrogen and oxygen atoms in total. The number of amides is 1. The minimum absolute atomic E-state index is 0.168. The highest BCUT2D eigenvalue weighted by Gasteiger charge is 2.11. The second kappa shape index (κ2) is 6.42. The molecule has 0 spiro atoms. The van der Waals surface area contributed by atoms with Crippen molar-refractivity contribution in [3.63, 3.8) is 0 Å². The highest BCUT2D eigenvalue weighted by molar-refractivity contribution is 5.87. The smallest absolute Gasteiger partial charge is 0.335 e. The lowest BCUT2D eigenvalue weighted by atomic mass is 10.1. The molecule has 0 aliphatic carbocycles. The minimum atomic E-state index is -1.01. The molecule has 1 aromatic carbocycles. The van der Waals surface area contributed by atoms with Crippen LogP contribution in [0.4, 0.5) is 0 Å². The van der Waals surface area contributed by atoms with Gasteiger partial charge < -0.3 is 16.2 Å². The van der Waals surface area contributed by atoms with Gasteiger partial charge in [0.25, 0.3) is 0 Å². The molecule has 94 valence electrons. The van der Waals surface area contributed by atoms with Crippen molar-refractivity contribution in [1.82, 2.24) is 5.32 Å². The van der Waals surface area contributed by atoms with Crippen LogP contribution in [0.2, 0.25) is 0 Å². The molecule has 0 bridgehead atoms. The Balaban J connectivity index is 2.59. The second-order valence-electron chi connectivity index (χ2n) is 3.74. The van der Waals surface area contributed by atoms with Crippen LogP contribution in [0.1, 0.15) is 22.3 Å². The zero-order valence-corrected chi connectivity index (χ0v) is 9.72. The topological polar surface area (TPSA) is 92.4 Å². The third kappa shape index (κ3) is 3.92. The summed E-state index contributed by atoms with van der Waals surface area (Å²) in [7, 11) is 0. The molecule has 1 amide bonds. The molecule has 1 unspecified atom stereocenters. The maximum atomic E-state index is 11.5. The van der Waals surface area contributed by atoms with Crippen molar-refractivity contribution in [2.75, 3.05) is 0 Å². The maximum Gasteiger partial charge on any atom is 0.335 e. The van der Waals surface area contributed by atoms with Gasteiger partial charge in [-0.15, -0.1) is 12.3 Å². The Hall–Kier alpha value is -2.32. The molecule has 0 saturated heterocycles. The van der Waals surface area contributed by atoms with Crippen LogP contribution in [0.25, 0.3) is 0 Å². The second-order valence-corrected chi connectivity index (χ2v) is 3.74. The van der Waals surface area contributed by atoms with Gasteiger partial charge in [0.15, 0.2) is 0 Å². The number of carbonyl (C=O) groups is 2. The van der Waals surface area contributed by atoms with Gasteiger partial charge in [0.2, 0.25) is 5.91 Å². The molecule has 0 saturated carbocycles. The van der Waals surface area contributed by atoms with Gasteiger partial charge in [0.05, 0.1) is 11.6 Å². The molecule has 1 aromatic rings. The number of hydrogen-bond donors (Lipinski definition) is 3. The molecule has 0 aromatic heterocycles. The first kappa shape index (κ1) is 13.7.